The van der Waals surface area contributed by atoms with Crippen molar-refractivity contribution in [1.29, 1.82) is 5.26 Å². The van der Waals surface area contributed by atoms with Crippen molar-refractivity contribution >= 4 is 23.6 Å². The minimum Gasteiger partial charge on any atom is -0.497 e. The molecular formula is C26H22ClFN2O4. The molecule has 0 fully saturated rings. The Balaban J connectivity index is 1.73. The number of carbonyl (C=O) groups is 1. The molecule has 0 atom stereocenters. The molecule has 0 aliphatic carbocycles. The molecular weight excluding hydrogens is 459 g/mol. The van der Waals surface area contributed by atoms with E-state index in [9.17, 15) is 14.4 Å². The highest BCUT2D eigenvalue weighted by molar-refractivity contribution is 6.32. The number of hydrogen-bond acceptors (Lipinski definition) is 5. The molecule has 0 unspecified atom stereocenters. The molecule has 0 aromatic heterocycles. The molecule has 0 aliphatic rings. The van der Waals surface area contributed by atoms with Gasteiger partial charge in [-0.05, 0) is 59.2 Å². The van der Waals surface area contributed by atoms with Crippen molar-refractivity contribution in [2.75, 3.05) is 14.2 Å². The standard InChI is InChI=1S/C26H22ClFN2O4/c1-32-22-8-6-17(7-9-22)15-30-26(31)20(14-29)10-19-12-23(27)25(24(13-19)33-2)34-16-18-4-3-5-21(28)11-18/h3-13H,15-16H2,1-2H3,(H,30,31)/b20-10-. The van der Waals surface area contributed by atoms with Crippen LogP contribution in [-0.2, 0) is 17.9 Å². The predicted octanol–water partition coefficient (Wildman–Crippen LogP) is 5.30. The summed E-state index contributed by atoms with van der Waals surface area (Å²) in [5.74, 6) is 0.398. The Morgan fingerprint density at radius 2 is 1.85 bits per heavy atom. The quantitative estimate of drug-likeness (QED) is 0.332. The van der Waals surface area contributed by atoms with E-state index in [1.165, 1.54) is 25.3 Å². The maximum atomic E-state index is 13.4. The third kappa shape index (κ3) is 6.50. The molecule has 3 aromatic carbocycles. The molecule has 1 N–H and O–H groups in total. The van der Waals surface area contributed by atoms with Crippen LogP contribution in [0.15, 0.2) is 66.2 Å². The van der Waals surface area contributed by atoms with E-state index in [1.807, 2.05) is 18.2 Å². The summed E-state index contributed by atoms with van der Waals surface area (Å²) in [6, 6.07) is 18.3. The van der Waals surface area contributed by atoms with Gasteiger partial charge in [-0.25, -0.2) is 4.39 Å². The number of rotatable bonds is 9. The van der Waals surface area contributed by atoms with E-state index >= 15 is 0 Å². The van der Waals surface area contributed by atoms with E-state index in [-0.39, 0.29) is 35.3 Å². The number of hydrogen-bond donors (Lipinski definition) is 1. The number of halogens is 2. The number of benzene rings is 3. The van der Waals surface area contributed by atoms with Crippen LogP contribution in [0.3, 0.4) is 0 Å². The summed E-state index contributed by atoms with van der Waals surface area (Å²) in [7, 11) is 3.02. The van der Waals surface area contributed by atoms with Crippen molar-refractivity contribution in [2.24, 2.45) is 0 Å². The lowest BCUT2D eigenvalue weighted by Gasteiger charge is -2.14. The fourth-order valence-electron chi connectivity index (χ4n) is 3.08. The van der Waals surface area contributed by atoms with Crippen molar-refractivity contribution in [2.45, 2.75) is 13.2 Å². The average molecular weight is 481 g/mol. The van der Waals surface area contributed by atoms with Crippen LogP contribution >= 0.6 is 11.6 Å². The highest BCUT2D eigenvalue weighted by atomic mass is 35.5. The SMILES string of the molecule is COc1ccc(CNC(=O)/C(C#N)=C\c2cc(Cl)c(OCc3cccc(F)c3)c(OC)c2)cc1. The number of amides is 1. The molecule has 0 heterocycles. The van der Waals surface area contributed by atoms with E-state index in [4.69, 9.17) is 25.8 Å². The molecule has 0 spiro atoms. The van der Waals surface area contributed by atoms with Crippen LogP contribution in [-0.4, -0.2) is 20.1 Å². The minimum atomic E-state index is -0.528. The second-order valence-electron chi connectivity index (χ2n) is 7.15. The molecule has 3 aromatic rings. The van der Waals surface area contributed by atoms with Crippen LogP contribution < -0.4 is 19.5 Å². The first-order valence-electron chi connectivity index (χ1n) is 10.2. The van der Waals surface area contributed by atoms with Gasteiger partial charge in [0, 0.05) is 6.54 Å². The summed E-state index contributed by atoms with van der Waals surface area (Å²) in [5, 5.41) is 12.4. The number of carbonyl (C=O) groups excluding carboxylic acids is 1. The summed E-state index contributed by atoms with van der Waals surface area (Å²) in [5.41, 5.74) is 1.87. The molecule has 0 radical (unpaired) electrons. The van der Waals surface area contributed by atoms with Gasteiger partial charge in [0.15, 0.2) is 11.5 Å². The fourth-order valence-corrected chi connectivity index (χ4v) is 3.36. The number of nitriles is 1. The number of nitrogens with zero attached hydrogens (tertiary/aromatic N) is 1. The van der Waals surface area contributed by atoms with Crippen molar-refractivity contribution in [3.05, 3.63) is 93.8 Å². The van der Waals surface area contributed by atoms with Crippen LogP contribution in [0.25, 0.3) is 6.08 Å². The largest absolute Gasteiger partial charge is 0.497 e. The third-order valence-corrected chi connectivity index (χ3v) is 5.09. The van der Waals surface area contributed by atoms with Crippen molar-refractivity contribution in [3.8, 4) is 23.3 Å². The topological polar surface area (TPSA) is 80.6 Å². The van der Waals surface area contributed by atoms with Gasteiger partial charge in [0.25, 0.3) is 5.91 Å². The molecule has 1 amide bonds. The molecule has 0 aliphatic heterocycles. The minimum absolute atomic E-state index is 0.0836. The van der Waals surface area contributed by atoms with Gasteiger partial charge in [-0.1, -0.05) is 35.9 Å². The number of methoxy groups -OCH3 is 2. The van der Waals surface area contributed by atoms with Gasteiger partial charge in [-0.15, -0.1) is 0 Å². The van der Waals surface area contributed by atoms with Crippen LogP contribution in [0.1, 0.15) is 16.7 Å². The number of nitrogens with one attached hydrogen (secondary N) is 1. The zero-order valence-corrected chi connectivity index (χ0v) is 19.4. The first-order valence-corrected chi connectivity index (χ1v) is 10.6. The van der Waals surface area contributed by atoms with Crippen LogP contribution in [0.5, 0.6) is 17.2 Å². The highest BCUT2D eigenvalue weighted by Crippen LogP contribution is 2.37. The molecule has 34 heavy (non-hydrogen) atoms. The Morgan fingerprint density at radius 1 is 1.09 bits per heavy atom. The Labute approximate surface area is 202 Å². The van der Waals surface area contributed by atoms with Gasteiger partial charge in [-0.3, -0.25) is 4.79 Å². The maximum Gasteiger partial charge on any atom is 0.262 e. The first-order chi connectivity index (χ1) is 16.4. The van der Waals surface area contributed by atoms with E-state index < -0.39 is 5.91 Å². The Kier molecular flexibility index (Phi) is 8.49. The second kappa shape index (κ2) is 11.7. The smallest absolute Gasteiger partial charge is 0.262 e. The normalized spacial score (nSPS) is 10.9. The van der Waals surface area contributed by atoms with Crippen molar-refractivity contribution in [1.82, 2.24) is 5.32 Å². The Bertz CT molecular complexity index is 1240. The van der Waals surface area contributed by atoms with E-state index in [0.29, 0.717) is 22.6 Å². The Morgan fingerprint density at radius 3 is 2.50 bits per heavy atom. The molecule has 8 heteroatoms. The monoisotopic (exact) mass is 480 g/mol. The highest BCUT2D eigenvalue weighted by Gasteiger charge is 2.14. The van der Waals surface area contributed by atoms with E-state index in [0.717, 1.165) is 5.56 Å². The molecule has 0 saturated carbocycles. The fraction of sp³-hybridized carbons (Fsp3) is 0.154. The molecule has 0 saturated heterocycles. The second-order valence-corrected chi connectivity index (χ2v) is 7.56. The van der Waals surface area contributed by atoms with Gasteiger partial charge < -0.3 is 19.5 Å². The summed E-state index contributed by atoms with van der Waals surface area (Å²) in [6.45, 7) is 0.332. The maximum absolute atomic E-state index is 13.4. The van der Waals surface area contributed by atoms with Gasteiger partial charge in [0.05, 0.1) is 19.2 Å². The molecule has 6 nitrogen and oxygen atoms in total. The van der Waals surface area contributed by atoms with Gasteiger partial charge >= 0.3 is 0 Å². The van der Waals surface area contributed by atoms with Gasteiger partial charge in [0.1, 0.15) is 29.8 Å². The zero-order chi connectivity index (χ0) is 24.5. The van der Waals surface area contributed by atoms with Crippen LogP contribution in [0, 0.1) is 17.1 Å². The lowest BCUT2D eigenvalue weighted by molar-refractivity contribution is -0.117. The van der Waals surface area contributed by atoms with Crippen LogP contribution in [0.2, 0.25) is 5.02 Å². The lowest BCUT2D eigenvalue weighted by Crippen LogP contribution is -2.23. The number of ether oxygens (including phenoxy) is 3. The Hall–Kier alpha value is -4.02. The third-order valence-electron chi connectivity index (χ3n) is 4.81. The van der Waals surface area contributed by atoms with E-state index in [2.05, 4.69) is 5.32 Å². The van der Waals surface area contributed by atoms with Crippen molar-refractivity contribution in [3.63, 3.8) is 0 Å². The zero-order valence-electron chi connectivity index (χ0n) is 18.6. The van der Waals surface area contributed by atoms with E-state index in [1.54, 1.807) is 43.5 Å². The molecule has 3 rings (SSSR count). The summed E-state index contributed by atoms with van der Waals surface area (Å²) >= 11 is 6.38. The van der Waals surface area contributed by atoms with Gasteiger partial charge in [0.2, 0.25) is 0 Å². The molecule has 0 bridgehead atoms. The summed E-state index contributed by atoms with van der Waals surface area (Å²) < 4.78 is 29.6. The van der Waals surface area contributed by atoms with Crippen LogP contribution in [0.4, 0.5) is 4.39 Å². The summed E-state index contributed by atoms with van der Waals surface area (Å²) in [6.07, 6.45) is 1.41. The average Bonchev–Trinajstić information content (AvgIpc) is 2.85. The van der Waals surface area contributed by atoms with Gasteiger partial charge in [-0.2, -0.15) is 5.26 Å². The predicted molar refractivity (Wildman–Crippen MR) is 127 cm³/mol. The molecule has 174 valence electrons. The summed E-state index contributed by atoms with van der Waals surface area (Å²) in [4.78, 5) is 12.5. The first kappa shape index (κ1) is 24.6. The lowest BCUT2D eigenvalue weighted by atomic mass is 10.1. The van der Waals surface area contributed by atoms with Crippen molar-refractivity contribution < 1.29 is 23.4 Å².